The van der Waals surface area contributed by atoms with E-state index in [1.54, 1.807) is 25.7 Å². The van der Waals surface area contributed by atoms with Crippen molar-refractivity contribution in [2.45, 2.75) is 76.8 Å². The smallest absolute Gasteiger partial charge is 0.408 e. The van der Waals surface area contributed by atoms with Gasteiger partial charge in [0.2, 0.25) is 5.91 Å². The summed E-state index contributed by atoms with van der Waals surface area (Å²) < 4.78 is 10.8. The average molecular weight is 433 g/mol. The van der Waals surface area contributed by atoms with Crippen LogP contribution in [-0.2, 0) is 25.7 Å². The first-order valence-corrected chi connectivity index (χ1v) is 10.8. The number of esters is 1. The van der Waals surface area contributed by atoms with Gasteiger partial charge in [-0.1, -0.05) is 30.3 Å². The number of carbonyl (C=O) groups is 3. The molecule has 3 rings (SSSR count). The highest BCUT2D eigenvalue weighted by Crippen LogP contribution is 2.34. The third-order valence-corrected chi connectivity index (χ3v) is 5.76. The molecule has 2 heterocycles. The number of alkyl carbamates (subject to hydrolysis) is 1. The van der Waals surface area contributed by atoms with Crippen LogP contribution in [0.4, 0.5) is 4.79 Å². The predicted molar refractivity (Wildman–Crippen MR) is 113 cm³/mol. The first-order valence-electron chi connectivity index (χ1n) is 10.8. The number of amides is 2. The number of hydrogen-bond donors (Lipinski definition) is 2. The molecule has 2 fully saturated rings. The highest BCUT2D eigenvalue weighted by molar-refractivity contribution is 5.91. The number of aliphatic hydroxyl groups excluding tert-OH is 1. The molecule has 8 nitrogen and oxygen atoms in total. The summed E-state index contributed by atoms with van der Waals surface area (Å²) in [6.07, 6.45) is 1.72. The van der Waals surface area contributed by atoms with Crippen LogP contribution in [0.15, 0.2) is 30.3 Å². The van der Waals surface area contributed by atoms with Gasteiger partial charge in [-0.05, 0) is 52.0 Å². The molecule has 2 aliphatic rings. The van der Waals surface area contributed by atoms with Crippen LogP contribution in [0.3, 0.4) is 0 Å². The van der Waals surface area contributed by atoms with E-state index < -0.39 is 35.7 Å². The SMILES string of the molecule is CC(C)(C)OC(=O)[C@@H]1CCC2CCC(CO)C(NC(=O)OCc3ccccc3)C(=O)N21. The van der Waals surface area contributed by atoms with Gasteiger partial charge in [0.15, 0.2) is 0 Å². The average Bonchev–Trinajstić information content (AvgIpc) is 3.10. The standard InChI is InChI=1S/C23H32N2O6/c1-23(2,3)31-21(28)18-12-11-17-10-9-16(13-26)19(20(27)25(17)18)24-22(29)30-14-15-7-5-4-6-8-15/h4-8,16-19,26H,9-14H2,1-3H3,(H,24,29)/t16?,17?,18-,19?/m0/s1. The minimum atomic E-state index is -0.957. The molecule has 0 aliphatic carbocycles. The Bertz CT molecular complexity index is 791. The van der Waals surface area contributed by atoms with Gasteiger partial charge in [-0.2, -0.15) is 0 Å². The van der Waals surface area contributed by atoms with Crippen LogP contribution >= 0.6 is 0 Å². The van der Waals surface area contributed by atoms with Gasteiger partial charge in [0.1, 0.15) is 24.3 Å². The summed E-state index contributed by atoms with van der Waals surface area (Å²) in [5.41, 5.74) is 0.171. The molecule has 1 aromatic rings. The maximum absolute atomic E-state index is 13.4. The Balaban J connectivity index is 1.71. The molecule has 2 N–H and O–H groups in total. The van der Waals surface area contributed by atoms with E-state index in [1.807, 2.05) is 30.3 Å². The largest absolute Gasteiger partial charge is 0.458 e. The highest BCUT2D eigenvalue weighted by atomic mass is 16.6. The summed E-state index contributed by atoms with van der Waals surface area (Å²) in [4.78, 5) is 40.1. The molecule has 31 heavy (non-hydrogen) atoms. The Kier molecular flexibility index (Phi) is 7.20. The molecule has 4 atom stereocenters. The fourth-order valence-electron chi connectivity index (χ4n) is 4.30. The number of aliphatic hydroxyl groups is 1. The molecule has 170 valence electrons. The van der Waals surface area contributed by atoms with E-state index in [-0.39, 0.29) is 25.2 Å². The number of nitrogens with zero attached hydrogens (tertiary/aromatic N) is 1. The number of benzene rings is 1. The third-order valence-electron chi connectivity index (χ3n) is 5.76. The second-order valence-corrected chi connectivity index (χ2v) is 9.23. The Morgan fingerprint density at radius 1 is 1.13 bits per heavy atom. The molecule has 8 heteroatoms. The molecule has 1 aromatic carbocycles. The molecule has 3 unspecified atom stereocenters. The number of nitrogens with one attached hydrogen (secondary N) is 1. The van der Waals surface area contributed by atoms with Gasteiger partial charge in [0, 0.05) is 18.6 Å². The van der Waals surface area contributed by atoms with Crippen LogP contribution in [0.2, 0.25) is 0 Å². The lowest BCUT2D eigenvalue weighted by molar-refractivity contribution is -0.164. The molecule has 2 saturated heterocycles. The topological polar surface area (TPSA) is 105 Å². The summed E-state index contributed by atoms with van der Waals surface area (Å²) in [6.45, 7) is 5.20. The zero-order valence-electron chi connectivity index (χ0n) is 18.4. The molecule has 0 saturated carbocycles. The summed E-state index contributed by atoms with van der Waals surface area (Å²) >= 11 is 0. The summed E-state index contributed by atoms with van der Waals surface area (Å²) in [6, 6.07) is 7.48. The van der Waals surface area contributed by atoms with E-state index in [1.165, 1.54) is 0 Å². The van der Waals surface area contributed by atoms with Crippen molar-refractivity contribution in [1.82, 2.24) is 10.2 Å². The second kappa shape index (κ2) is 9.68. The third kappa shape index (κ3) is 5.76. The number of hydrogen-bond acceptors (Lipinski definition) is 6. The number of carbonyl (C=O) groups excluding carboxylic acids is 3. The van der Waals surface area contributed by atoms with Gasteiger partial charge in [0.05, 0.1) is 0 Å². The molecule has 0 radical (unpaired) electrons. The fourth-order valence-corrected chi connectivity index (χ4v) is 4.30. The predicted octanol–water partition coefficient (Wildman–Crippen LogP) is 2.38. The molecule has 2 amide bonds. The van der Waals surface area contributed by atoms with E-state index in [0.717, 1.165) is 5.56 Å². The Morgan fingerprint density at radius 3 is 2.45 bits per heavy atom. The van der Waals surface area contributed by atoms with Crippen molar-refractivity contribution in [2.24, 2.45) is 5.92 Å². The van der Waals surface area contributed by atoms with E-state index in [0.29, 0.717) is 25.7 Å². The lowest BCUT2D eigenvalue weighted by atomic mass is 9.94. The van der Waals surface area contributed by atoms with Crippen molar-refractivity contribution < 1.29 is 29.0 Å². The van der Waals surface area contributed by atoms with E-state index in [9.17, 15) is 19.5 Å². The zero-order valence-corrected chi connectivity index (χ0v) is 18.4. The minimum absolute atomic E-state index is 0.0737. The molecule has 0 bridgehead atoms. The van der Waals surface area contributed by atoms with E-state index in [2.05, 4.69) is 5.32 Å². The Hall–Kier alpha value is -2.61. The molecule has 0 spiro atoms. The monoisotopic (exact) mass is 432 g/mol. The molecule has 2 aliphatic heterocycles. The maximum Gasteiger partial charge on any atom is 0.408 e. The first kappa shape index (κ1) is 23.1. The lowest BCUT2D eigenvalue weighted by Gasteiger charge is -2.32. The van der Waals surface area contributed by atoms with Crippen LogP contribution in [0.25, 0.3) is 0 Å². The number of fused-ring (bicyclic) bond motifs is 1. The fraction of sp³-hybridized carbons (Fsp3) is 0.609. The quantitative estimate of drug-likeness (QED) is 0.692. The zero-order chi connectivity index (χ0) is 22.6. The van der Waals surface area contributed by atoms with Gasteiger partial charge in [-0.15, -0.1) is 0 Å². The van der Waals surface area contributed by atoms with Gasteiger partial charge < -0.3 is 24.8 Å². The van der Waals surface area contributed by atoms with Crippen LogP contribution in [-0.4, -0.2) is 58.3 Å². The first-order chi connectivity index (χ1) is 14.7. The highest BCUT2D eigenvalue weighted by Gasteiger charge is 2.48. The van der Waals surface area contributed by atoms with Crippen LogP contribution < -0.4 is 5.32 Å². The molecule has 0 aromatic heterocycles. The van der Waals surface area contributed by atoms with Crippen molar-refractivity contribution in [3.63, 3.8) is 0 Å². The summed E-state index contributed by atoms with van der Waals surface area (Å²) in [5, 5.41) is 12.5. The lowest BCUT2D eigenvalue weighted by Crippen LogP contribution is -2.55. The summed E-state index contributed by atoms with van der Waals surface area (Å²) in [7, 11) is 0. The summed E-state index contributed by atoms with van der Waals surface area (Å²) in [5.74, 6) is -1.25. The maximum atomic E-state index is 13.4. The van der Waals surface area contributed by atoms with E-state index in [4.69, 9.17) is 9.47 Å². The van der Waals surface area contributed by atoms with Gasteiger partial charge in [-0.3, -0.25) is 4.79 Å². The van der Waals surface area contributed by atoms with Crippen molar-refractivity contribution in [1.29, 1.82) is 0 Å². The van der Waals surface area contributed by atoms with E-state index >= 15 is 0 Å². The van der Waals surface area contributed by atoms with Crippen molar-refractivity contribution in [3.8, 4) is 0 Å². The number of rotatable bonds is 5. The van der Waals surface area contributed by atoms with Crippen LogP contribution in [0.5, 0.6) is 0 Å². The van der Waals surface area contributed by atoms with Crippen molar-refractivity contribution >= 4 is 18.0 Å². The van der Waals surface area contributed by atoms with Crippen LogP contribution in [0.1, 0.15) is 52.0 Å². The molecular formula is C23H32N2O6. The second-order valence-electron chi connectivity index (χ2n) is 9.23. The van der Waals surface area contributed by atoms with Gasteiger partial charge in [0.25, 0.3) is 0 Å². The van der Waals surface area contributed by atoms with Gasteiger partial charge in [-0.25, -0.2) is 9.59 Å². The minimum Gasteiger partial charge on any atom is -0.458 e. The van der Waals surface area contributed by atoms with Crippen LogP contribution in [0, 0.1) is 5.92 Å². The van der Waals surface area contributed by atoms with Gasteiger partial charge >= 0.3 is 12.1 Å². The Morgan fingerprint density at radius 2 is 1.81 bits per heavy atom. The Labute approximate surface area is 182 Å². The molecular weight excluding hydrogens is 400 g/mol. The van der Waals surface area contributed by atoms with Crippen molar-refractivity contribution in [3.05, 3.63) is 35.9 Å². The van der Waals surface area contributed by atoms with Crippen molar-refractivity contribution in [2.75, 3.05) is 6.61 Å². The normalized spacial score (nSPS) is 26.1. The number of ether oxygens (including phenoxy) is 2.